The van der Waals surface area contributed by atoms with Gasteiger partial charge < -0.3 is 5.11 Å². The SMILES string of the molecule is CCC1CCC(C(O)c2c(Cl)cnn2C(C)C)C1. The van der Waals surface area contributed by atoms with Crippen molar-refractivity contribution in [3.63, 3.8) is 0 Å². The molecule has 0 bridgehead atoms. The third kappa shape index (κ3) is 2.57. The highest BCUT2D eigenvalue weighted by Crippen LogP contribution is 2.42. The second kappa shape index (κ2) is 5.62. The lowest BCUT2D eigenvalue weighted by molar-refractivity contribution is 0.0983. The Kier molecular flexibility index (Phi) is 4.33. The maximum absolute atomic E-state index is 10.6. The zero-order valence-electron chi connectivity index (χ0n) is 11.4. The van der Waals surface area contributed by atoms with E-state index in [-0.39, 0.29) is 6.04 Å². The Morgan fingerprint density at radius 3 is 2.78 bits per heavy atom. The summed E-state index contributed by atoms with van der Waals surface area (Å²) in [5, 5.41) is 15.5. The van der Waals surface area contributed by atoms with E-state index in [1.165, 1.54) is 12.8 Å². The van der Waals surface area contributed by atoms with Crippen LogP contribution in [0.1, 0.15) is 64.3 Å². The van der Waals surface area contributed by atoms with Crippen LogP contribution in [0.2, 0.25) is 5.02 Å². The molecule has 1 N–H and O–H groups in total. The van der Waals surface area contributed by atoms with E-state index in [0.717, 1.165) is 24.5 Å². The summed E-state index contributed by atoms with van der Waals surface area (Å²) in [7, 11) is 0. The molecule has 1 fully saturated rings. The lowest BCUT2D eigenvalue weighted by Gasteiger charge is -2.21. The van der Waals surface area contributed by atoms with Crippen LogP contribution in [0.3, 0.4) is 0 Å². The third-order valence-electron chi connectivity index (χ3n) is 4.16. The lowest BCUT2D eigenvalue weighted by atomic mass is 9.95. The molecule has 1 saturated carbocycles. The Morgan fingerprint density at radius 2 is 2.22 bits per heavy atom. The van der Waals surface area contributed by atoms with Crippen LogP contribution < -0.4 is 0 Å². The van der Waals surface area contributed by atoms with Gasteiger partial charge >= 0.3 is 0 Å². The van der Waals surface area contributed by atoms with Crippen LogP contribution in [0.25, 0.3) is 0 Å². The molecule has 1 aromatic rings. The smallest absolute Gasteiger partial charge is 0.1000 e. The van der Waals surface area contributed by atoms with E-state index >= 15 is 0 Å². The van der Waals surface area contributed by atoms with Crippen LogP contribution in [0.15, 0.2) is 6.20 Å². The Balaban J connectivity index is 2.18. The molecular weight excluding hydrogens is 248 g/mol. The molecule has 0 radical (unpaired) electrons. The van der Waals surface area contributed by atoms with E-state index in [2.05, 4.69) is 25.9 Å². The first-order valence-electron chi connectivity index (χ1n) is 6.95. The Bertz CT molecular complexity index is 402. The number of halogens is 1. The van der Waals surface area contributed by atoms with Gasteiger partial charge in [-0.2, -0.15) is 5.10 Å². The first-order valence-corrected chi connectivity index (χ1v) is 7.33. The molecule has 0 amide bonds. The average molecular weight is 271 g/mol. The molecule has 102 valence electrons. The minimum absolute atomic E-state index is 0.227. The molecule has 1 aliphatic carbocycles. The maximum atomic E-state index is 10.6. The highest BCUT2D eigenvalue weighted by Gasteiger charge is 2.33. The van der Waals surface area contributed by atoms with Crippen molar-refractivity contribution in [2.45, 2.75) is 58.6 Å². The van der Waals surface area contributed by atoms with Gasteiger partial charge in [0.15, 0.2) is 0 Å². The second-order valence-corrected chi connectivity index (χ2v) is 6.12. The van der Waals surface area contributed by atoms with Crippen molar-refractivity contribution >= 4 is 11.6 Å². The summed E-state index contributed by atoms with van der Waals surface area (Å²) in [6.07, 6.45) is 5.81. The molecule has 0 aromatic carbocycles. The Hall–Kier alpha value is -0.540. The van der Waals surface area contributed by atoms with E-state index in [1.54, 1.807) is 6.20 Å². The van der Waals surface area contributed by atoms with Crippen LogP contribution in [0.5, 0.6) is 0 Å². The summed E-state index contributed by atoms with van der Waals surface area (Å²) in [6.45, 7) is 6.34. The van der Waals surface area contributed by atoms with Crippen molar-refractivity contribution in [3.05, 3.63) is 16.9 Å². The molecule has 0 saturated heterocycles. The molecule has 4 heteroatoms. The predicted molar refractivity (Wildman–Crippen MR) is 73.7 cm³/mol. The molecule has 3 nitrogen and oxygen atoms in total. The van der Waals surface area contributed by atoms with Crippen molar-refractivity contribution in [2.24, 2.45) is 11.8 Å². The molecule has 1 aromatic heterocycles. The van der Waals surface area contributed by atoms with Gasteiger partial charge in [0, 0.05) is 6.04 Å². The molecule has 0 aliphatic heterocycles. The van der Waals surface area contributed by atoms with E-state index in [1.807, 2.05) is 4.68 Å². The number of aliphatic hydroxyl groups is 1. The average Bonchev–Trinajstić information content (AvgIpc) is 2.94. The topological polar surface area (TPSA) is 38.1 Å². The van der Waals surface area contributed by atoms with Gasteiger partial charge in [0.25, 0.3) is 0 Å². The summed E-state index contributed by atoms with van der Waals surface area (Å²) in [4.78, 5) is 0. The van der Waals surface area contributed by atoms with Crippen LogP contribution in [0.4, 0.5) is 0 Å². The van der Waals surface area contributed by atoms with Crippen molar-refractivity contribution in [3.8, 4) is 0 Å². The fourth-order valence-corrected chi connectivity index (χ4v) is 3.28. The monoisotopic (exact) mass is 270 g/mol. The minimum Gasteiger partial charge on any atom is -0.386 e. The lowest BCUT2D eigenvalue weighted by Crippen LogP contribution is -2.17. The van der Waals surface area contributed by atoms with Crippen molar-refractivity contribution in [1.82, 2.24) is 9.78 Å². The standard InChI is InChI=1S/C14H23ClN2O/c1-4-10-5-6-11(7-10)14(18)13-12(15)8-16-17(13)9(2)3/h8-11,14,18H,4-7H2,1-3H3. The van der Waals surface area contributed by atoms with Gasteiger partial charge in [0.2, 0.25) is 0 Å². The quantitative estimate of drug-likeness (QED) is 0.899. The maximum Gasteiger partial charge on any atom is 0.1000 e. The Labute approximate surface area is 114 Å². The highest BCUT2D eigenvalue weighted by molar-refractivity contribution is 6.31. The van der Waals surface area contributed by atoms with Gasteiger partial charge in [0.1, 0.15) is 0 Å². The molecule has 1 aliphatic rings. The van der Waals surface area contributed by atoms with Crippen LogP contribution in [-0.4, -0.2) is 14.9 Å². The largest absolute Gasteiger partial charge is 0.386 e. The molecule has 3 atom stereocenters. The highest BCUT2D eigenvalue weighted by atomic mass is 35.5. The molecular formula is C14H23ClN2O. The number of rotatable bonds is 4. The van der Waals surface area contributed by atoms with Gasteiger partial charge in [0.05, 0.1) is 23.0 Å². The third-order valence-corrected chi connectivity index (χ3v) is 4.45. The molecule has 2 rings (SSSR count). The molecule has 3 unspecified atom stereocenters. The first-order chi connectivity index (χ1) is 8.54. The van der Waals surface area contributed by atoms with Gasteiger partial charge in [-0.05, 0) is 38.5 Å². The summed E-state index contributed by atoms with van der Waals surface area (Å²) in [5.74, 6) is 1.10. The Morgan fingerprint density at radius 1 is 1.50 bits per heavy atom. The normalized spacial score (nSPS) is 25.9. The zero-order chi connectivity index (χ0) is 13.3. The number of hydrogen-bond acceptors (Lipinski definition) is 2. The van der Waals surface area contributed by atoms with Crippen molar-refractivity contribution in [2.75, 3.05) is 0 Å². The van der Waals surface area contributed by atoms with E-state index in [4.69, 9.17) is 11.6 Å². The van der Waals surface area contributed by atoms with Gasteiger partial charge in [-0.3, -0.25) is 4.68 Å². The fraction of sp³-hybridized carbons (Fsp3) is 0.786. The number of aliphatic hydroxyl groups excluding tert-OH is 1. The van der Waals surface area contributed by atoms with E-state index in [9.17, 15) is 5.11 Å². The van der Waals surface area contributed by atoms with Crippen molar-refractivity contribution in [1.29, 1.82) is 0 Å². The van der Waals surface area contributed by atoms with E-state index in [0.29, 0.717) is 10.9 Å². The first kappa shape index (κ1) is 13.9. The summed E-state index contributed by atoms with van der Waals surface area (Å²) in [5.41, 5.74) is 0.799. The fourth-order valence-electron chi connectivity index (χ4n) is 3.03. The number of aromatic nitrogens is 2. The number of nitrogens with zero attached hydrogens (tertiary/aromatic N) is 2. The van der Waals surface area contributed by atoms with Gasteiger partial charge in [-0.1, -0.05) is 31.4 Å². The number of hydrogen-bond donors (Lipinski definition) is 1. The van der Waals surface area contributed by atoms with Crippen LogP contribution in [-0.2, 0) is 0 Å². The summed E-state index contributed by atoms with van der Waals surface area (Å²) < 4.78 is 1.85. The van der Waals surface area contributed by atoms with Crippen LogP contribution in [0, 0.1) is 11.8 Å². The predicted octanol–water partition coefficient (Wildman–Crippen LogP) is 3.98. The van der Waals surface area contributed by atoms with Gasteiger partial charge in [-0.15, -0.1) is 0 Å². The molecule has 0 spiro atoms. The summed E-state index contributed by atoms with van der Waals surface area (Å²) >= 11 is 6.19. The molecule has 1 heterocycles. The van der Waals surface area contributed by atoms with Gasteiger partial charge in [-0.25, -0.2) is 0 Å². The molecule has 18 heavy (non-hydrogen) atoms. The van der Waals surface area contributed by atoms with E-state index < -0.39 is 6.10 Å². The summed E-state index contributed by atoms with van der Waals surface area (Å²) in [6, 6.07) is 0.227. The second-order valence-electron chi connectivity index (χ2n) is 5.71. The van der Waals surface area contributed by atoms with Crippen LogP contribution >= 0.6 is 11.6 Å². The zero-order valence-corrected chi connectivity index (χ0v) is 12.2. The van der Waals surface area contributed by atoms with Crippen molar-refractivity contribution < 1.29 is 5.11 Å². The minimum atomic E-state index is -0.473.